The molecule has 2 aromatic rings. The van der Waals surface area contributed by atoms with E-state index in [0.29, 0.717) is 6.54 Å². The average molecular weight is 393 g/mol. The lowest BCUT2D eigenvalue weighted by Gasteiger charge is -2.25. The topological polar surface area (TPSA) is 75.3 Å². The van der Waals surface area contributed by atoms with Gasteiger partial charge < -0.3 is 5.32 Å². The predicted molar refractivity (Wildman–Crippen MR) is 102 cm³/mol. The maximum atomic E-state index is 12.6. The van der Waals surface area contributed by atoms with Gasteiger partial charge in [0.2, 0.25) is 10.0 Å². The van der Waals surface area contributed by atoms with Crippen LogP contribution >= 0.6 is 11.6 Å². The number of hydrogen-bond donors (Lipinski definition) is 2. The van der Waals surface area contributed by atoms with Crippen LogP contribution in [0.5, 0.6) is 0 Å². The summed E-state index contributed by atoms with van der Waals surface area (Å²) >= 11 is 6.11. The lowest BCUT2D eigenvalue weighted by molar-refractivity contribution is 0.0950. The molecule has 138 valence electrons. The zero-order valence-corrected chi connectivity index (χ0v) is 16.0. The Kier molecular flexibility index (Phi) is 5.65. The van der Waals surface area contributed by atoms with Crippen LogP contribution in [0.4, 0.5) is 0 Å². The summed E-state index contributed by atoms with van der Waals surface area (Å²) < 4.78 is 26.1. The lowest BCUT2D eigenvalue weighted by Crippen LogP contribution is -2.30. The molecule has 0 aromatic heterocycles. The van der Waals surface area contributed by atoms with Crippen molar-refractivity contribution < 1.29 is 13.2 Å². The number of halogens is 1. The van der Waals surface area contributed by atoms with Crippen LogP contribution in [0.1, 0.15) is 40.2 Å². The maximum Gasteiger partial charge on any atom is 0.252 e. The Labute approximate surface area is 158 Å². The number of carbonyl (C=O) groups is 1. The highest BCUT2D eigenvalue weighted by atomic mass is 35.5. The van der Waals surface area contributed by atoms with E-state index in [2.05, 4.69) is 22.2 Å². The van der Waals surface area contributed by atoms with Crippen molar-refractivity contribution in [2.75, 3.05) is 13.6 Å². The minimum absolute atomic E-state index is 0.0116. The molecular formula is C19H21ClN2O3S. The van der Waals surface area contributed by atoms with Gasteiger partial charge in [-0.15, -0.1) is 0 Å². The zero-order chi connectivity index (χ0) is 18.7. The van der Waals surface area contributed by atoms with Crippen LogP contribution in [0.2, 0.25) is 5.02 Å². The van der Waals surface area contributed by atoms with Gasteiger partial charge in [0.15, 0.2) is 0 Å². The van der Waals surface area contributed by atoms with Gasteiger partial charge in [-0.3, -0.25) is 4.79 Å². The molecule has 0 saturated carbocycles. The number of sulfonamides is 1. The normalized spacial score (nSPS) is 16.8. The maximum absolute atomic E-state index is 12.6. The van der Waals surface area contributed by atoms with E-state index in [0.717, 1.165) is 19.3 Å². The number of nitrogens with one attached hydrogen (secondary N) is 2. The van der Waals surface area contributed by atoms with Crippen molar-refractivity contribution in [1.29, 1.82) is 0 Å². The van der Waals surface area contributed by atoms with Crippen molar-refractivity contribution in [2.45, 2.75) is 30.1 Å². The highest BCUT2D eigenvalue weighted by Crippen LogP contribution is 2.31. The molecule has 0 fully saturated rings. The number of hydrogen-bond acceptors (Lipinski definition) is 3. The molecule has 3 rings (SSSR count). The molecule has 2 N–H and O–H groups in total. The SMILES string of the molecule is CNS(=O)(=O)c1ccc(Cl)c(C(=O)NCC2CCCc3ccccc32)c1. The van der Waals surface area contributed by atoms with Crippen molar-refractivity contribution in [3.8, 4) is 0 Å². The number of rotatable bonds is 5. The van der Waals surface area contributed by atoms with E-state index < -0.39 is 10.0 Å². The van der Waals surface area contributed by atoms with Crippen LogP contribution in [-0.2, 0) is 16.4 Å². The third-order valence-electron chi connectivity index (χ3n) is 4.76. The van der Waals surface area contributed by atoms with Crippen molar-refractivity contribution in [2.24, 2.45) is 0 Å². The predicted octanol–water partition coefficient (Wildman–Crippen LogP) is 3.10. The largest absolute Gasteiger partial charge is 0.351 e. The van der Waals surface area contributed by atoms with Crippen molar-refractivity contribution in [1.82, 2.24) is 10.0 Å². The number of amides is 1. The first-order chi connectivity index (χ1) is 12.4. The van der Waals surface area contributed by atoms with E-state index in [-0.39, 0.29) is 27.3 Å². The monoisotopic (exact) mass is 392 g/mol. The second-order valence-electron chi connectivity index (χ2n) is 6.35. The van der Waals surface area contributed by atoms with Crippen LogP contribution in [0, 0.1) is 0 Å². The third kappa shape index (κ3) is 3.92. The molecule has 1 aliphatic carbocycles. The highest BCUT2D eigenvalue weighted by Gasteiger charge is 2.22. The minimum Gasteiger partial charge on any atom is -0.351 e. The molecule has 0 saturated heterocycles. The number of fused-ring (bicyclic) bond motifs is 1. The fourth-order valence-corrected chi connectivity index (χ4v) is 4.30. The summed E-state index contributed by atoms with van der Waals surface area (Å²) in [6, 6.07) is 12.4. The molecule has 0 aliphatic heterocycles. The molecule has 0 radical (unpaired) electrons. The molecule has 0 heterocycles. The molecule has 7 heteroatoms. The second kappa shape index (κ2) is 7.78. The lowest BCUT2D eigenvalue weighted by atomic mass is 9.83. The standard InChI is InChI=1S/C19H21ClN2O3S/c1-21-26(24,25)15-9-10-18(20)17(11-15)19(23)22-12-14-7-4-6-13-5-2-3-8-16(13)14/h2-3,5,8-11,14,21H,4,6-7,12H2,1H3,(H,22,23). The summed E-state index contributed by atoms with van der Waals surface area (Å²) in [5.41, 5.74) is 2.77. The van der Waals surface area contributed by atoms with Crippen LogP contribution in [0.25, 0.3) is 0 Å². The minimum atomic E-state index is -3.64. The van der Waals surface area contributed by atoms with E-state index in [9.17, 15) is 13.2 Å². The number of carbonyl (C=O) groups excluding carboxylic acids is 1. The second-order valence-corrected chi connectivity index (χ2v) is 8.64. The first kappa shape index (κ1) is 18.9. The third-order valence-corrected chi connectivity index (χ3v) is 6.51. The van der Waals surface area contributed by atoms with Crippen molar-refractivity contribution >= 4 is 27.5 Å². The summed E-state index contributed by atoms with van der Waals surface area (Å²) in [7, 11) is -2.31. The molecule has 2 aromatic carbocycles. The Hall–Kier alpha value is -1.89. The van der Waals surface area contributed by atoms with Gasteiger partial charge in [-0.05, 0) is 55.6 Å². The molecule has 26 heavy (non-hydrogen) atoms. The Morgan fingerprint density at radius 2 is 2.00 bits per heavy atom. The van der Waals surface area contributed by atoms with E-state index in [1.54, 1.807) is 0 Å². The van der Waals surface area contributed by atoms with E-state index in [1.807, 2.05) is 12.1 Å². The van der Waals surface area contributed by atoms with E-state index in [1.165, 1.54) is 36.4 Å². The molecule has 1 unspecified atom stereocenters. The van der Waals surface area contributed by atoms with Gasteiger partial charge in [-0.25, -0.2) is 13.1 Å². The van der Waals surface area contributed by atoms with Gasteiger partial charge in [0, 0.05) is 12.5 Å². The average Bonchev–Trinajstić information content (AvgIpc) is 2.66. The summed E-state index contributed by atoms with van der Waals surface area (Å²) in [4.78, 5) is 12.6. The fraction of sp³-hybridized carbons (Fsp3) is 0.316. The van der Waals surface area contributed by atoms with Gasteiger partial charge in [0.1, 0.15) is 0 Å². The zero-order valence-electron chi connectivity index (χ0n) is 14.5. The van der Waals surface area contributed by atoms with Gasteiger partial charge in [-0.1, -0.05) is 35.9 Å². The van der Waals surface area contributed by atoms with Crippen molar-refractivity contribution in [3.63, 3.8) is 0 Å². The summed E-state index contributed by atoms with van der Waals surface area (Å²) in [5, 5.41) is 3.13. The Morgan fingerprint density at radius 1 is 1.23 bits per heavy atom. The smallest absolute Gasteiger partial charge is 0.252 e. The van der Waals surface area contributed by atoms with Gasteiger partial charge in [0.25, 0.3) is 5.91 Å². The van der Waals surface area contributed by atoms with E-state index >= 15 is 0 Å². The van der Waals surface area contributed by atoms with Crippen LogP contribution < -0.4 is 10.0 Å². The van der Waals surface area contributed by atoms with Crippen LogP contribution in [-0.4, -0.2) is 27.9 Å². The first-order valence-corrected chi connectivity index (χ1v) is 10.4. The molecule has 1 amide bonds. The molecule has 0 bridgehead atoms. The molecular weight excluding hydrogens is 372 g/mol. The highest BCUT2D eigenvalue weighted by molar-refractivity contribution is 7.89. The Bertz CT molecular complexity index is 928. The van der Waals surface area contributed by atoms with Gasteiger partial charge in [-0.2, -0.15) is 0 Å². The van der Waals surface area contributed by atoms with Crippen molar-refractivity contribution in [3.05, 3.63) is 64.2 Å². The number of benzene rings is 2. The molecule has 1 atom stereocenters. The Morgan fingerprint density at radius 3 is 2.77 bits per heavy atom. The summed E-state index contributed by atoms with van der Waals surface area (Å²) in [6.45, 7) is 0.495. The molecule has 0 spiro atoms. The fourth-order valence-electron chi connectivity index (χ4n) is 3.34. The molecule has 5 nitrogen and oxygen atoms in total. The summed E-state index contributed by atoms with van der Waals surface area (Å²) in [5.74, 6) is -0.113. The van der Waals surface area contributed by atoms with Gasteiger partial charge >= 0.3 is 0 Å². The van der Waals surface area contributed by atoms with Crippen LogP contribution in [0.3, 0.4) is 0 Å². The molecule has 1 aliphatic rings. The van der Waals surface area contributed by atoms with E-state index in [4.69, 9.17) is 11.6 Å². The number of aryl methyl sites for hydroxylation is 1. The first-order valence-electron chi connectivity index (χ1n) is 8.51. The van der Waals surface area contributed by atoms with Gasteiger partial charge in [0.05, 0.1) is 15.5 Å². The quantitative estimate of drug-likeness (QED) is 0.820. The summed E-state index contributed by atoms with van der Waals surface area (Å²) in [6.07, 6.45) is 3.17. The Balaban J connectivity index is 1.76. The van der Waals surface area contributed by atoms with Crippen LogP contribution in [0.15, 0.2) is 47.4 Å².